The summed E-state index contributed by atoms with van der Waals surface area (Å²) in [6.45, 7) is 6.19. The Morgan fingerprint density at radius 3 is 2.59 bits per heavy atom. The molecule has 0 saturated heterocycles. The van der Waals surface area contributed by atoms with E-state index < -0.39 is 5.60 Å². The Morgan fingerprint density at radius 2 is 1.97 bits per heavy atom. The minimum atomic E-state index is -0.564. The minimum absolute atomic E-state index is 0.129. The van der Waals surface area contributed by atoms with Crippen LogP contribution < -0.4 is 0 Å². The molecule has 29 heavy (non-hydrogen) atoms. The molecule has 0 spiro atoms. The van der Waals surface area contributed by atoms with Crippen LogP contribution in [0.5, 0.6) is 0 Å². The van der Waals surface area contributed by atoms with Crippen LogP contribution >= 0.6 is 22.6 Å². The molecule has 1 aliphatic heterocycles. The van der Waals surface area contributed by atoms with Crippen LogP contribution in [0, 0.1) is 9.49 Å². The summed E-state index contributed by atoms with van der Waals surface area (Å²) in [6, 6.07) is 6.06. The Kier molecular flexibility index (Phi) is 6.38. The molecule has 1 aliphatic rings. The maximum Gasteiger partial charge on any atom is 0.419 e. The highest BCUT2D eigenvalue weighted by atomic mass is 127. The monoisotopic (exact) mass is 510 g/mol. The molecule has 2 heterocycles. The maximum atomic E-state index is 12.8. The zero-order valence-electron chi connectivity index (χ0n) is 17.4. The number of esters is 1. The van der Waals surface area contributed by atoms with Gasteiger partial charge in [-0.2, -0.15) is 0 Å². The number of likely N-dealkylation sites (N-methyl/N-ethyl adjacent to an activating group) is 1. The van der Waals surface area contributed by atoms with E-state index in [1.165, 1.54) is 7.11 Å². The second kappa shape index (κ2) is 8.47. The third-order valence-corrected chi connectivity index (χ3v) is 5.90. The number of benzene rings is 1. The van der Waals surface area contributed by atoms with Gasteiger partial charge in [0.15, 0.2) is 0 Å². The lowest BCUT2D eigenvalue weighted by molar-refractivity contribution is -0.144. The summed E-state index contributed by atoms with van der Waals surface area (Å²) in [5, 5.41) is 1.07. The van der Waals surface area contributed by atoms with Crippen LogP contribution in [0.2, 0.25) is 0 Å². The highest BCUT2D eigenvalue weighted by Crippen LogP contribution is 2.30. The Hall–Kier alpha value is -1.87. The zero-order valence-corrected chi connectivity index (χ0v) is 19.6. The van der Waals surface area contributed by atoms with E-state index >= 15 is 0 Å². The number of carbonyl (C=O) groups excluding carboxylic acids is 2. The number of aromatic nitrogens is 1. The molecule has 0 bridgehead atoms. The van der Waals surface area contributed by atoms with E-state index in [1.807, 2.05) is 58.3 Å². The number of nitrogens with zero attached hydrogens (tertiary/aromatic N) is 2. The quantitative estimate of drug-likeness (QED) is 0.352. The van der Waals surface area contributed by atoms with Gasteiger partial charge in [-0.15, -0.1) is 0 Å². The molecule has 0 saturated carbocycles. The number of hydrogen-bond acceptors (Lipinski definition) is 5. The van der Waals surface area contributed by atoms with E-state index in [0.717, 1.165) is 26.5 Å². The van der Waals surface area contributed by atoms with E-state index in [0.29, 0.717) is 6.54 Å². The fraction of sp³-hybridized carbons (Fsp3) is 0.455. The standard InChI is InChI=1S/C22H27IN2O4/c1-22(2,3)29-21(27)25-13-15(19-17(23)7-6-8-18(19)25)11-16-10-9-14(12-24(16)4)20(26)28-5/h6-10,13-14,16H,11-12H2,1-5H3/t14?,16-/m0/s1. The highest BCUT2D eigenvalue weighted by Gasteiger charge is 2.28. The molecule has 0 amide bonds. The fourth-order valence-electron chi connectivity index (χ4n) is 3.61. The van der Waals surface area contributed by atoms with Crippen molar-refractivity contribution in [2.45, 2.75) is 38.8 Å². The van der Waals surface area contributed by atoms with Crippen molar-refractivity contribution in [1.82, 2.24) is 9.47 Å². The van der Waals surface area contributed by atoms with E-state index in [-0.39, 0.29) is 24.0 Å². The molecule has 0 aliphatic carbocycles. The van der Waals surface area contributed by atoms with Gasteiger partial charge in [0.1, 0.15) is 5.60 Å². The summed E-state index contributed by atoms with van der Waals surface area (Å²) in [6.07, 6.45) is 6.21. The summed E-state index contributed by atoms with van der Waals surface area (Å²) >= 11 is 2.31. The van der Waals surface area contributed by atoms with Crippen molar-refractivity contribution in [2.75, 3.05) is 20.7 Å². The Morgan fingerprint density at radius 1 is 1.24 bits per heavy atom. The smallest absolute Gasteiger partial charge is 0.419 e. The number of hydrogen-bond donors (Lipinski definition) is 0. The SMILES string of the molecule is COC(=O)C1C=C[C@@H](Cc2cn(C(=O)OC(C)(C)C)c3cccc(I)c23)N(C)C1. The van der Waals surface area contributed by atoms with Crippen LogP contribution in [0.3, 0.4) is 0 Å². The van der Waals surface area contributed by atoms with E-state index in [2.05, 4.69) is 33.6 Å². The second-order valence-electron chi connectivity index (χ2n) is 8.36. The van der Waals surface area contributed by atoms with Crippen molar-refractivity contribution in [3.8, 4) is 0 Å². The lowest BCUT2D eigenvalue weighted by atomic mass is 9.96. The summed E-state index contributed by atoms with van der Waals surface area (Å²) < 4.78 is 13.1. The predicted octanol–water partition coefficient (Wildman–Crippen LogP) is 4.23. The van der Waals surface area contributed by atoms with Gasteiger partial charge >= 0.3 is 12.1 Å². The number of rotatable bonds is 3. The number of carbonyl (C=O) groups is 2. The van der Waals surface area contributed by atoms with Gasteiger partial charge in [0, 0.05) is 27.7 Å². The van der Waals surface area contributed by atoms with Gasteiger partial charge < -0.3 is 9.47 Å². The molecule has 0 fully saturated rings. The van der Waals surface area contributed by atoms with Crippen LogP contribution in [0.15, 0.2) is 36.5 Å². The van der Waals surface area contributed by atoms with E-state index in [9.17, 15) is 9.59 Å². The van der Waals surface area contributed by atoms with Gasteiger partial charge in [0.2, 0.25) is 0 Å². The van der Waals surface area contributed by atoms with Crippen LogP contribution in [0.25, 0.3) is 10.9 Å². The van der Waals surface area contributed by atoms with Crippen LogP contribution in [0.1, 0.15) is 26.3 Å². The summed E-state index contributed by atoms with van der Waals surface area (Å²) in [5.41, 5.74) is 1.36. The average molecular weight is 510 g/mol. The molecule has 1 aromatic carbocycles. The molecular weight excluding hydrogens is 483 g/mol. The van der Waals surface area contributed by atoms with Crippen molar-refractivity contribution in [1.29, 1.82) is 0 Å². The van der Waals surface area contributed by atoms with Gasteiger partial charge in [-0.3, -0.25) is 14.3 Å². The molecule has 0 radical (unpaired) electrons. The predicted molar refractivity (Wildman–Crippen MR) is 121 cm³/mol. The molecule has 2 atom stereocenters. The Balaban J connectivity index is 1.94. The number of fused-ring (bicyclic) bond motifs is 1. The molecule has 0 N–H and O–H groups in total. The van der Waals surface area contributed by atoms with Gasteiger partial charge in [-0.05, 0) is 74.5 Å². The molecular formula is C22H27IN2O4. The van der Waals surface area contributed by atoms with E-state index in [1.54, 1.807) is 4.57 Å². The first-order valence-corrected chi connectivity index (χ1v) is 10.7. The number of halogens is 1. The van der Waals surface area contributed by atoms with Gasteiger partial charge in [-0.1, -0.05) is 18.2 Å². The molecule has 1 aromatic heterocycles. The molecule has 7 heteroatoms. The topological polar surface area (TPSA) is 60.8 Å². The Bertz CT molecular complexity index is 958. The van der Waals surface area contributed by atoms with Crippen molar-refractivity contribution >= 4 is 45.6 Å². The van der Waals surface area contributed by atoms with Crippen molar-refractivity contribution in [2.24, 2.45) is 5.92 Å². The van der Waals surface area contributed by atoms with Crippen LogP contribution in [0.4, 0.5) is 4.79 Å². The molecule has 6 nitrogen and oxygen atoms in total. The van der Waals surface area contributed by atoms with Gasteiger partial charge in [0.05, 0.1) is 18.5 Å². The van der Waals surface area contributed by atoms with Crippen LogP contribution in [-0.2, 0) is 20.7 Å². The summed E-state index contributed by atoms with van der Waals surface area (Å²) in [7, 11) is 3.41. The number of ether oxygens (including phenoxy) is 2. The van der Waals surface area contributed by atoms with Crippen LogP contribution in [-0.4, -0.2) is 53.9 Å². The average Bonchev–Trinajstić information content (AvgIpc) is 3.01. The van der Waals surface area contributed by atoms with Crippen molar-refractivity contribution < 1.29 is 19.1 Å². The fourth-order valence-corrected chi connectivity index (χ4v) is 4.44. The third kappa shape index (κ3) is 4.83. The van der Waals surface area contributed by atoms with E-state index in [4.69, 9.17) is 9.47 Å². The van der Waals surface area contributed by atoms with Crippen molar-refractivity contribution in [3.63, 3.8) is 0 Å². The molecule has 1 unspecified atom stereocenters. The molecule has 3 rings (SSSR count). The lowest BCUT2D eigenvalue weighted by Gasteiger charge is -2.31. The highest BCUT2D eigenvalue weighted by molar-refractivity contribution is 14.1. The maximum absolute atomic E-state index is 12.8. The summed E-state index contributed by atoms with van der Waals surface area (Å²) in [4.78, 5) is 26.7. The van der Waals surface area contributed by atoms with Gasteiger partial charge in [0.25, 0.3) is 0 Å². The normalized spacial score (nSPS) is 20.1. The minimum Gasteiger partial charge on any atom is -0.469 e. The third-order valence-electron chi connectivity index (χ3n) is 5.00. The van der Waals surface area contributed by atoms with Crippen molar-refractivity contribution in [3.05, 3.63) is 45.7 Å². The molecule has 156 valence electrons. The van der Waals surface area contributed by atoms with Gasteiger partial charge in [-0.25, -0.2) is 4.79 Å². The largest absolute Gasteiger partial charge is 0.469 e. The lowest BCUT2D eigenvalue weighted by Crippen LogP contribution is -2.41. The molecule has 2 aromatic rings. The first-order valence-electron chi connectivity index (χ1n) is 9.59. The summed E-state index contributed by atoms with van der Waals surface area (Å²) in [5.74, 6) is -0.466. The second-order valence-corrected chi connectivity index (χ2v) is 9.53. The first-order chi connectivity index (χ1) is 13.6. The Labute approximate surface area is 185 Å². The first kappa shape index (κ1) is 21.8. The zero-order chi connectivity index (χ0) is 21.3. The number of methoxy groups -OCH3 is 1.